The summed E-state index contributed by atoms with van der Waals surface area (Å²) in [6.45, 7) is 1.79. The molecular weight excluding hydrogens is 186 g/mol. The van der Waals surface area contributed by atoms with Crippen molar-refractivity contribution in [2.45, 2.75) is 6.92 Å². The third-order valence-corrected chi connectivity index (χ3v) is 2.32. The van der Waals surface area contributed by atoms with Crippen LogP contribution in [-0.2, 0) is 0 Å². The van der Waals surface area contributed by atoms with Crippen LogP contribution in [0.2, 0.25) is 0 Å². The molecule has 0 aliphatic carbocycles. The summed E-state index contributed by atoms with van der Waals surface area (Å²) < 4.78 is 0. The molecule has 0 radical (unpaired) electrons. The number of aromatic nitrogens is 3. The molecule has 13 heavy (non-hydrogen) atoms. The highest BCUT2D eigenvalue weighted by Gasteiger charge is 2.02. The fourth-order valence-corrected chi connectivity index (χ4v) is 1.59. The third-order valence-electron chi connectivity index (χ3n) is 1.54. The zero-order valence-electron chi connectivity index (χ0n) is 6.94. The Kier molecular flexibility index (Phi) is 1.94. The topological polar surface area (TPSA) is 58.6 Å². The minimum absolute atomic E-state index is 0.129. The molecule has 4 nitrogen and oxygen atoms in total. The van der Waals surface area contributed by atoms with Gasteiger partial charge >= 0.3 is 0 Å². The number of H-pyrrole nitrogens is 1. The molecule has 0 bridgehead atoms. The van der Waals surface area contributed by atoms with Crippen LogP contribution in [-0.4, -0.2) is 15.0 Å². The first-order valence-electron chi connectivity index (χ1n) is 3.72. The van der Waals surface area contributed by atoms with E-state index in [0.29, 0.717) is 11.5 Å². The molecule has 2 aromatic rings. The smallest absolute Gasteiger partial charge is 0.251 e. The molecule has 0 fully saturated rings. The molecule has 1 N–H and O–H groups in total. The molecule has 0 aliphatic rings. The van der Waals surface area contributed by atoms with Gasteiger partial charge < -0.3 is 4.98 Å². The summed E-state index contributed by atoms with van der Waals surface area (Å²) >= 11 is 1.45. The molecule has 66 valence electrons. The maximum Gasteiger partial charge on any atom is 0.251 e. The highest BCUT2D eigenvalue weighted by atomic mass is 32.1. The van der Waals surface area contributed by atoms with E-state index in [0.717, 1.165) is 4.88 Å². The van der Waals surface area contributed by atoms with Gasteiger partial charge in [-0.2, -0.15) is 0 Å². The van der Waals surface area contributed by atoms with Crippen LogP contribution in [0, 0.1) is 6.92 Å². The van der Waals surface area contributed by atoms with Gasteiger partial charge in [0.1, 0.15) is 0 Å². The van der Waals surface area contributed by atoms with Crippen LogP contribution in [0.4, 0.5) is 0 Å². The van der Waals surface area contributed by atoms with Gasteiger partial charge in [-0.1, -0.05) is 0 Å². The summed E-state index contributed by atoms with van der Waals surface area (Å²) in [5.41, 5.74) is 2.29. The van der Waals surface area contributed by atoms with Gasteiger partial charge in [-0.3, -0.25) is 9.78 Å². The van der Waals surface area contributed by atoms with Crippen molar-refractivity contribution in [2.24, 2.45) is 0 Å². The van der Waals surface area contributed by atoms with Gasteiger partial charge in [0.15, 0.2) is 5.82 Å². The fraction of sp³-hybridized carbons (Fsp3) is 0.125. The van der Waals surface area contributed by atoms with Gasteiger partial charge in [0.2, 0.25) is 0 Å². The van der Waals surface area contributed by atoms with E-state index in [1.165, 1.54) is 17.4 Å². The van der Waals surface area contributed by atoms with E-state index in [1.807, 2.05) is 0 Å². The second kappa shape index (κ2) is 3.10. The molecule has 2 rings (SSSR count). The fourth-order valence-electron chi connectivity index (χ4n) is 1.03. The molecular formula is C8H7N3OS. The molecule has 5 heteroatoms. The first-order valence-corrected chi connectivity index (χ1v) is 4.60. The third kappa shape index (κ3) is 1.65. The maximum atomic E-state index is 11.1. The van der Waals surface area contributed by atoms with Crippen molar-refractivity contribution in [3.63, 3.8) is 0 Å². The Hall–Kier alpha value is -1.49. The van der Waals surface area contributed by atoms with Gasteiger partial charge in [-0.05, 0) is 6.92 Å². The van der Waals surface area contributed by atoms with Crippen molar-refractivity contribution in [3.8, 4) is 10.7 Å². The predicted octanol–water partition coefficient (Wildman–Crippen LogP) is 1.20. The second-order valence-corrected chi connectivity index (χ2v) is 3.49. The van der Waals surface area contributed by atoms with E-state index in [-0.39, 0.29) is 5.56 Å². The van der Waals surface area contributed by atoms with Crippen LogP contribution in [0.1, 0.15) is 5.69 Å². The molecule has 0 saturated carbocycles. The van der Waals surface area contributed by atoms with Gasteiger partial charge in [0.25, 0.3) is 5.56 Å². The summed E-state index contributed by atoms with van der Waals surface area (Å²) in [4.78, 5) is 22.7. The number of rotatable bonds is 1. The van der Waals surface area contributed by atoms with Crippen LogP contribution < -0.4 is 5.56 Å². The number of hydrogen-bond acceptors (Lipinski definition) is 4. The van der Waals surface area contributed by atoms with Crippen LogP contribution in [0.5, 0.6) is 0 Å². The summed E-state index contributed by atoms with van der Waals surface area (Å²) in [5, 5.41) is 0. The van der Waals surface area contributed by atoms with Crippen LogP contribution in [0.15, 0.2) is 22.6 Å². The van der Waals surface area contributed by atoms with Crippen LogP contribution >= 0.6 is 11.3 Å². The number of aryl methyl sites for hydroxylation is 1. The largest absolute Gasteiger partial charge is 0.306 e. The minimum atomic E-state index is -0.129. The molecule has 0 spiro atoms. The zero-order chi connectivity index (χ0) is 9.26. The summed E-state index contributed by atoms with van der Waals surface area (Å²) in [6, 6.07) is 1.46. The summed E-state index contributed by atoms with van der Waals surface area (Å²) in [7, 11) is 0. The number of hydrogen-bond donors (Lipinski definition) is 1. The summed E-state index contributed by atoms with van der Waals surface area (Å²) in [6.07, 6.45) is 1.68. The Morgan fingerprint density at radius 3 is 3.00 bits per heavy atom. The Morgan fingerprint density at radius 1 is 1.54 bits per heavy atom. The first-order chi connectivity index (χ1) is 6.25. The van der Waals surface area contributed by atoms with Crippen molar-refractivity contribution in [3.05, 3.63) is 33.8 Å². The molecule has 0 amide bonds. The predicted molar refractivity (Wildman–Crippen MR) is 50.7 cm³/mol. The van der Waals surface area contributed by atoms with E-state index in [4.69, 9.17) is 0 Å². The highest BCUT2D eigenvalue weighted by Crippen LogP contribution is 2.17. The first kappa shape index (κ1) is 8.12. The lowest BCUT2D eigenvalue weighted by Gasteiger charge is -1.96. The lowest BCUT2D eigenvalue weighted by atomic mass is 10.4. The SMILES string of the molecule is Cc1cc(=O)[nH]c(-c2cncs2)n1. The Bertz CT molecular complexity index is 460. The molecule has 0 saturated heterocycles. The summed E-state index contributed by atoms with van der Waals surface area (Å²) in [5.74, 6) is 0.590. The van der Waals surface area contributed by atoms with Gasteiger partial charge in [-0.15, -0.1) is 11.3 Å². The monoisotopic (exact) mass is 193 g/mol. The zero-order valence-corrected chi connectivity index (χ0v) is 7.76. The lowest BCUT2D eigenvalue weighted by Crippen LogP contribution is -2.07. The number of thiazole rings is 1. The highest BCUT2D eigenvalue weighted by molar-refractivity contribution is 7.13. The van der Waals surface area contributed by atoms with Gasteiger partial charge in [0, 0.05) is 18.0 Å². The molecule has 0 aromatic carbocycles. The molecule has 0 atom stereocenters. The standard InChI is InChI=1S/C8H7N3OS/c1-5-2-7(12)11-8(10-5)6-3-9-4-13-6/h2-4H,1H3,(H,10,11,12). The Morgan fingerprint density at radius 2 is 2.38 bits per heavy atom. The van der Waals surface area contributed by atoms with Crippen LogP contribution in [0.3, 0.4) is 0 Å². The number of aromatic amines is 1. The van der Waals surface area contributed by atoms with E-state index < -0.39 is 0 Å². The molecule has 2 heterocycles. The number of nitrogens with one attached hydrogen (secondary N) is 1. The Labute approximate surface area is 78.3 Å². The average molecular weight is 193 g/mol. The lowest BCUT2D eigenvalue weighted by molar-refractivity contribution is 1.08. The van der Waals surface area contributed by atoms with Gasteiger partial charge in [0.05, 0.1) is 10.4 Å². The van der Waals surface area contributed by atoms with Crippen LogP contribution in [0.25, 0.3) is 10.7 Å². The molecule has 0 unspecified atom stereocenters. The van der Waals surface area contributed by atoms with E-state index in [2.05, 4.69) is 15.0 Å². The molecule has 2 aromatic heterocycles. The number of nitrogens with zero attached hydrogens (tertiary/aromatic N) is 2. The quantitative estimate of drug-likeness (QED) is 0.740. The maximum absolute atomic E-state index is 11.1. The van der Waals surface area contributed by atoms with E-state index in [1.54, 1.807) is 18.6 Å². The van der Waals surface area contributed by atoms with Crippen molar-refractivity contribution in [1.82, 2.24) is 15.0 Å². The second-order valence-electron chi connectivity index (χ2n) is 2.60. The van der Waals surface area contributed by atoms with E-state index >= 15 is 0 Å². The van der Waals surface area contributed by atoms with Crippen molar-refractivity contribution in [1.29, 1.82) is 0 Å². The van der Waals surface area contributed by atoms with E-state index in [9.17, 15) is 4.79 Å². The van der Waals surface area contributed by atoms with Crippen molar-refractivity contribution in [2.75, 3.05) is 0 Å². The molecule has 0 aliphatic heterocycles. The van der Waals surface area contributed by atoms with Crippen molar-refractivity contribution >= 4 is 11.3 Å². The Balaban J connectivity index is 2.59. The average Bonchev–Trinajstić information content (AvgIpc) is 2.53. The minimum Gasteiger partial charge on any atom is -0.306 e. The van der Waals surface area contributed by atoms with Gasteiger partial charge in [-0.25, -0.2) is 4.98 Å². The van der Waals surface area contributed by atoms with Crippen molar-refractivity contribution < 1.29 is 0 Å². The normalized spacial score (nSPS) is 10.2.